The van der Waals surface area contributed by atoms with E-state index in [0.717, 1.165) is 19.3 Å². The van der Waals surface area contributed by atoms with Gasteiger partial charge < -0.3 is 9.84 Å². The van der Waals surface area contributed by atoms with E-state index in [4.69, 9.17) is 0 Å². The summed E-state index contributed by atoms with van der Waals surface area (Å²) in [6.07, 6.45) is -2.83. The van der Waals surface area contributed by atoms with Crippen molar-refractivity contribution < 1.29 is 23.0 Å². The number of rotatable bonds is 3. The zero-order valence-corrected chi connectivity index (χ0v) is 10.4. The maximum atomic E-state index is 12.3. The number of aliphatic hydroxyl groups excluding tert-OH is 1. The van der Waals surface area contributed by atoms with Crippen LogP contribution in [-0.2, 0) is 0 Å². The summed E-state index contributed by atoms with van der Waals surface area (Å²) >= 11 is 0. The third-order valence-corrected chi connectivity index (χ3v) is 3.16. The van der Waals surface area contributed by atoms with Crippen molar-refractivity contribution in [2.75, 3.05) is 13.1 Å². The van der Waals surface area contributed by atoms with Crippen LogP contribution >= 0.6 is 0 Å². The second kappa shape index (κ2) is 5.79. The zero-order chi connectivity index (χ0) is 13.9. The van der Waals surface area contributed by atoms with E-state index in [1.807, 2.05) is 0 Å². The lowest BCUT2D eigenvalue weighted by atomic mass is 10.1. The molecule has 1 fully saturated rings. The molecule has 1 saturated heterocycles. The fourth-order valence-corrected chi connectivity index (χ4v) is 2.27. The van der Waals surface area contributed by atoms with Crippen LogP contribution in [0.3, 0.4) is 0 Å². The number of nitrogens with zero attached hydrogens (tertiary/aromatic N) is 1. The Kier molecular flexibility index (Phi) is 4.31. The highest BCUT2D eigenvalue weighted by Gasteiger charge is 2.33. The van der Waals surface area contributed by atoms with Crippen LogP contribution in [0.2, 0.25) is 0 Å². The maximum Gasteiger partial charge on any atom is 0.573 e. The number of hydrogen-bond acceptors (Lipinski definition) is 3. The largest absolute Gasteiger partial charge is 0.573 e. The second-order valence-corrected chi connectivity index (χ2v) is 4.56. The Bertz CT molecular complexity index is 417. The minimum absolute atomic E-state index is 0.154. The first-order valence-electron chi connectivity index (χ1n) is 6.24. The topological polar surface area (TPSA) is 32.7 Å². The van der Waals surface area contributed by atoms with Gasteiger partial charge in [-0.1, -0.05) is 24.6 Å². The molecule has 1 aromatic carbocycles. The highest BCUT2D eigenvalue weighted by molar-refractivity contribution is 5.35. The van der Waals surface area contributed by atoms with Crippen molar-refractivity contribution in [2.45, 2.75) is 31.9 Å². The Morgan fingerprint density at radius 3 is 2.37 bits per heavy atom. The normalized spacial score (nSPS) is 19.2. The van der Waals surface area contributed by atoms with Crippen LogP contribution in [0.5, 0.6) is 5.75 Å². The molecule has 0 saturated carbocycles. The number of ether oxygens (including phenoxy) is 1. The lowest BCUT2D eigenvalue weighted by Gasteiger charge is -2.32. The zero-order valence-electron chi connectivity index (χ0n) is 10.4. The Balaban J connectivity index is 2.18. The first-order valence-corrected chi connectivity index (χ1v) is 6.24. The van der Waals surface area contributed by atoms with Gasteiger partial charge in [-0.2, -0.15) is 0 Å². The fraction of sp³-hybridized carbons (Fsp3) is 0.538. The summed E-state index contributed by atoms with van der Waals surface area (Å²) in [5.41, 5.74) is 0.154. The standard InChI is InChI=1S/C13H16F3NO2/c14-13(15,16)19-11-7-3-2-6-10(11)12(18)17-8-4-1-5-9-17/h2-3,6-7,12,18H,1,4-5,8-9H2. The third-order valence-electron chi connectivity index (χ3n) is 3.16. The van der Waals surface area contributed by atoms with Gasteiger partial charge in [0.2, 0.25) is 0 Å². The molecule has 1 atom stereocenters. The first kappa shape index (κ1) is 14.1. The van der Waals surface area contributed by atoms with Gasteiger partial charge in [0.25, 0.3) is 0 Å². The summed E-state index contributed by atoms with van der Waals surface area (Å²) < 4.78 is 40.9. The van der Waals surface area contributed by atoms with Crippen molar-refractivity contribution in [3.8, 4) is 5.75 Å². The first-order chi connectivity index (χ1) is 8.97. The summed E-state index contributed by atoms with van der Waals surface area (Å²) in [5.74, 6) is -0.340. The fourth-order valence-electron chi connectivity index (χ4n) is 2.27. The third kappa shape index (κ3) is 3.84. The van der Waals surface area contributed by atoms with Crippen LogP contribution in [0.15, 0.2) is 24.3 Å². The number of aliphatic hydroxyl groups is 1. The van der Waals surface area contributed by atoms with Gasteiger partial charge in [0.1, 0.15) is 12.0 Å². The summed E-state index contributed by atoms with van der Waals surface area (Å²) in [7, 11) is 0. The summed E-state index contributed by atoms with van der Waals surface area (Å²) in [5, 5.41) is 10.2. The Hall–Kier alpha value is -1.27. The highest BCUT2D eigenvalue weighted by atomic mass is 19.4. The average molecular weight is 275 g/mol. The van der Waals surface area contributed by atoms with Gasteiger partial charge >= 0.3 is 6.36 Å². The maximum absolute atomic E-state index is 12.3. The van der Waals surface area contributed by atoms with Crippen molar-refractivity contribution >= 4 is 0 Å². The lowest BCUT2D eigenvalue weighted by molar-refractivity contribution is -0.275. The Morgan fingerprint density at radius 2 is 1.74 bits per heavy atom. The minimum atomic E-state index is -4.75. The molecular weight excluding hydrogens is 259 g/mol. The van der Waals surface area contributed by atoms with E-state index in [1.54, 1.807) is 11.0 Å². The van der Waals surface area contributed by atoms with E-state index in [2.05, 4.69) is 4.74 Å². The summed E-state index contributed by atoms with van der Waals surface area (Å²) in [6.45, 7) is 1.36. The molecule has 0 bridgehead atoms. The molecule has 1 aliphatic rings. The quantitative estimate of drug-likeness (QED) is 0.920. The molecule has 1 aromatic rings. The van der Waals surface area contributed by atoms with Gasteiger partial charge in [-0.25, -0.2) is 0 Å². The molecule has 6 heteroatoms. The molecule has 1 N–H and O–H groups in total. The molecule has 0 aliphatic carbocycles. The van der Waals surface area contributed by atoms with E-state index >= 15 is 0 Å². The molecule has 19 heavy (non-hydrogen) atoms. The van der Waals surface area contributed by atoms with Gasteiger partial charge in [-0.3, -0.25) is 4.90 Å². The number of benzene rings is 1. The number of alkyl halides is 3. The Labute approximate surface area is 109 Å². The molecule has 3 nitrogen and oxygen atoms in total. The molecule has 1 aliphatic heterocycles. The monoisotopic (exact) mass is 275 g/mol. The van der Waals surface area contributed by atoms with Crippen LogP contribution in [0.4, 0.5) is 13.2 Å². The van der Waals surface area contributed by atoms with E-state index in [-0.39, 0.29) is 11.3 Å². The van der Waals surface area contributed by atoms with Gasteiger partial charge in [0.05, 0.1) is 0 Å². The summed E-state index contributed by atoms with van der Waals surface area (Å²) in [6, 6.07) is 5.72. The van der Waals surface area contributed by atoms with Crippen molar-refractivity contribution in [1.82, 2.24) is 4.90 Å². The molecular formula is C13H16F3NO2. The minimum Gasteiger partial charge on any atom is -0.405 e. The van der Waals surface area contributed by atoms with Crippen LogP contribution < -0.4 is 4.74 Å². The van der Waals surface area contributed by atoms with Gasteiger partial charge in [-0.05, 0) is 18.9 Å². The second-order valence-electron chi connectivity index (χ2n) is 4.56. The van der Waals surface area contributed by atoms with E-state index in [9.17, 15) is 18.3 Å². The van der Waals surface area contributed by atoms with Crippen LogP contribution in [0, 0.1) is 0 Å². The molecule has 1 unspecified atom stereocenters. The highest BCUT2D eigenvalue weighted by Crippen LogP contribution is 2.32. The van der Waals surface area contributed by atoms with Gasteiger partial charge in [0.15, 0.2) is 0 Å². The van der Waals surface area contributed by atoms with Crippen LogP contribution in [0.1, 0.15) is 31.1 Å². The van der Waals surface area contributed by atoms with Crippen LogP contribution in [0.25, 0.3) is 0 Å². The number of halogens is 3. The number of hydrogen-bond donors (Lipinski definition) is 1. The van der Waals surface area contributed by atoms with Crippen LogP contribution in [-0.4, -0.2) is 29.5 Å². The molecule has 0 radical (unpaired) electrons. The van der Waals surface area contributed by atoms with Crippen molar-refractivity contribution in [3.63, 3.8) is 0 Å². The molecule has 0 amide bonds. The van der Waals surface area contributed by atoms with E-state index in [0.29, 0.717) is 13.1 Å². The molecule has 1 heterocycles. The van der Waals surface area contributed by atoms with Crippen molar-refractivity contribution in [3.05, 3.63) is 29.8 Å². The Morgan fingerprint density at radius 1 is 1.11 bits per heavy atom. The predicted molar refractivity (Wildman–Crippen MR) is 63.5 cm³/mol. The smallest absolute Gasteiger partial charge is 0.405 e. The molecule has 0 aromatic heterocycles. The van der Waals surface area contributed by atoms with E-state index in [1.165, 1.54) is 18.2 Å². The number of piperidine rings is 1. The molecule has 2 rings (SSSR count). The van der Waals surface area contributed by atoms with Crippen molar-refractivity contribution in [1.29, 1.82) is 0 Å². The summed E-state index contributed by atoms with van der Waals surface area (Å²) in [4.78, 5) is 1.77. The van der Waals surface area contributed by atoms with E-state index < -0.39 is 12.6 Å². The average Bonchev–Trinajstić information content (AvgIpc) is 2.38. The van der Waals surface area contributed by atoms with Gasteiger partial charge in [0, 0.05) is 18.7 Å². The van der Waals surface area contributed by atoms with Gasteiger partial charge in [-0.15, -0.1) is 13.2 Å². The number of likely N-dealkylation sites (tertiary alicyclic amines) is 1. The molecule has 0 spiro atoms. The predicted octanol–water partition coefficient (Wildman–Crippen LogP) is 3.06. The lowest BCUT2D eigenvalue weighted by Crippen LogP contribution is -2.34. The van der Waals surface area contributed by atoms with Crippen molar-refractivity contribution in [2.24, 2.45) is 0 Å². The molecule has 106 valence electrons. The SMILES string of the molecule is OC(c1ccccc1OC(F)(F)F)N1CCCCC1. The number of para-hydroxylation sites is 1.